The molecule has 0 aliphatic carbocycles. The zero-order chi connectivity index (χ0) is 24.6. The van der Waals surface area contributed by atoms with Crippen LogP contribution in [0.15, 0.2) is 88.1 Å². The third-order valence-electron chi connectivity index (χ3n) is 5.92. The van der Waals surface area contributed by atoms with Crippen molar-refractivity contribution in [1.29, 1.82) is 0 Å². The van der Waals surface area contributed by atoms with Crippen LogP contribution < -0.4 is 15.1 Å². The van der Waals surface area contributed by atoms with Crippen LogP contribution in [-0.2, 0) is 4.74 Å². The number of aryl methyl sites for hydroxylation is 1. The van der Waals surface area contributed by atoms with Gasteiger partial charge >= 0.3 is 5.63 Å². The number of hydrogen-bond donors (Lipinski definition) is 0. The van der Waals surface area contributed by atoms with Crippen molar-refractivity contribution in [3.8, 4) is 11.5 Å². The molecule has 1 aliphatic heterocycles. The second-order valence-corrected chi connectivity index (χ2v) is 8.23. The lowest BCUT2D eigenvalue weighted by Gasteiger charge is -2.24. The molecule has 3 aromatic carbocycles. The van der Waals surface area contributed by atoms with Gasteiger partial charge in [-0.15, -0.1) is 0 Å². The van der Waals surface area contributed by atoms with E-state index in [1.165, 1.54) is 6.07 Å². The predicted molar refractivity (Wildman–Crippen MR) is 138 cm³/mol. The minimum atomic E-state index is -0.466. The molecule has 1 fully saturated rings. The average Bonchev–Trinajstić information content (AvgIpc) is 2.92. The predicted octanol–water partition coefficient (Wildman–Crippen LogP) is 7.20. The van der Waals surface area contributed by atoms with Crippen LogP contribution in [0.4, 0.5) is 0 Å². The summed E-state index contributed by atoms with van der Waals surface area (Å²) in [6.07, 6.45) is 2.33. The Balaban J connectivity index is 0.00000141. The van der Waals surface area contributed by atoms with Crippen LogP contribution in [0.3, 0.4) is 0 Å². The van der Waals surface area contributed by atoms with Crippen molar-refractivity contribution in [3.05, 3.63) is 106 Å². The third-order valence-corrected chi connectivity index (χ3v) is 5.92. The van der Waals surface area contributed by atoms with Crippen molar-refractivity contribution >= 4 is 11.0 Å². The van der Waals surface area contributed by atoms with E-state index >= 15 is 0 Å². The molecule has 182 valence electrons. The van der Waals surface area contributed by atoms with Crippen molar-refractivity contribution in [2.75, 3.05) is 6.61 Å². The van der Waals surface area contributed by atoms with Gasteiger partial charge in [-0.2, -0.15) is 0 Å². The maximum absolute atomic E-state index is 12.5. The summed E-state index contributed by atoms with van der Waals surface area (Å²) < 4.78 is 23.9. The van der Waals surface area contributed by atoms with Crippen LogP contribution in [-0.4, -0.2) is 12.9 Å². The van der Waals surface area contributed by atoms with Crippen molar-refractivity contribution in [2.45, 2.75) is 52.4 Å². The first-order valence-corrected chi connectivity index (χ1v) is 12.3. The molecular formula is C30H32O5. The Hall–Kier alpha value is -3.57. The van der Waals surface area contributed by atoms with Crippen molar-refractivity contribution in [2.24, 2.45) is 0 Å². The second-order valence-electron chi connectivity index (χ2n) is 8.23. The van der Waals surface area contributed by atoms with E-state index in [-0.39, 0.29) is 12.4 Å². The first-order chi connectivity index (χ1) is 17.2. The Morgan fingerprint density at radius 3 is 2.11 bits per heavy atom. The van der Waals surface area contributed by atoms with E-state index in [0.29, 0.717) is 23.7 Å². The van der Waals surface area contributed by atoms with Crippen LogP contribution in [0.2, 0.25) is 0 Å². The molecule has 0 saturated carbocycles. The SMILES string of the molecule is CC.Cc1c(OC2CCCCO2)ccc2c(OC(c3ccccc3)c3ccccc3)cc(=O)oc12. The van der Waals surface area contributed by atoms with Gasteiger partial charge in [0.15, 0.2) is 6.29 Å². The molecule has 2 heterocycles. The molecule has 1 saturated heterocycles. The molecule has 4 aromatic rings. The van der Waals surface area contributed by atoms with Crippen molar-refractivity contribution < 1.29 is 18.6 Å². The summed E-state index contributed by atoms with van der Waals surface area (Å²) in [5, 5.41) is 0.723. The van der Waals surface area contributed by atoms with E-state index in [9.17, 15) is 4.79 Å². The van der Waals surface area contributed by atoms with Gasteiger partial charge in [0.25, 0.3) is 0 Å². The highest BCUT2D eigenvalue weighted by atomic mass is 16.7. The number of ether oxygens (including phenoxy) is 3. The number of hydrogen-bond acceptors (Lipinski definition) is 5. The van der Waals surface area contributed by atoms with Gasteiger partial charge in [0.1, 0.15) is 23.2 Å². The molecule has 0 N–H and O–H groups in total. The van der Waals surface area contributed by atoms with Gasteiger partial charge in [-0.25, -0.2) is 4.79 Å². The highest BCUT2D eigenvalue weighted by Crippen LogP contribution is 2.36. The highest BCUT2D eigenvalue weighted by molar-refractivity contribution is 5.87. The van der Waals surface area contributed by atoms with Crippen molar-refractivity contribution in [1.82, 2.24) is 0 Å². The molecule has 1 unspecified atom stereocenters. The van der Waals surface area contributed by atoms with E-state index in [1.54, 1.807) is 0 Å². The second kappa shape index (κ2) is 11.7. The molecule has 0 spiro atoms. The molecule has 0 bridgehead atoms. The van der Waals surface area contributed by atoms with Crippen LogP contribution in [0.1, 0.15) is 55.9 Å². The molecule has 1 aromatic heterocycles. The first-order valence-electron chi connectivity index (χ1n) is 12.3. The lowest BCUT2D eigenvalue weighted by molar-refractivity contribution is -0.106. The fourth-order valence-electron chi connectivity index (χ4n) is 4.20. The Labute approximate surface area is 206 Å². The lowest BCUT2D eigenvalue weighted by atomic mass is 10.0. The molecule has 1 aliphatic rings. The number of fused-ring (bicyclic) bond motifs is 1. The summed E-state index contributed by atoms with van der Waals surface area (Å²) in [6.45, 7) is 6.59. The maximum atomic E-state index is 12.5. The lowest BCUT2D eigenvalue weighted by Crippen LogP contribution is -2.25. The Morgan fingerprint density at radius 1 is 0.857 bits per heavy atom. The molecule has 5 rings (SSSR count). The van der Waals surface area contributed by atoms with Crippen molar-refractivity contribution in [3.63, 3.8) is 0 Å². The normalized spacial score (nSPS) is 15.4. The van der Waals surface area contributed by atoms with Gasteiger partial charge in [0.2, 0.25) is 0 Å². The molecule has 35 heavy (non-hydrogen) atoms. The minimum Gasteiger partial charge on any atom is -0.480 e. The van der Waals surface area contributed by atoms with E-state index in [0.717, 1.165) is 41.3 Å². The van der Waals surface area contributed by atoms with Gasteiger partial charge in [-0.3, -0.25) is 0 Å². The van der Waals surface area contributed by atoms with Crippen LogP contribution in [0.25, 0.3) is 11.0 Å². The average molecular weight is 473 g/mol. The highest BCUT2D eigenvalue weighted by Gasteiger charge is 2.21. The van der Waals surface area contributed by atoms with Gasteiger partial charge in [0, 0.05) is 12.0 Å². The molecule has 1 atom stereocenters. The third kappa shape index (κ3) is 5.75. The van der Waals surface area contributed by atoms with Gasteiger partial charge in [-0.05, 0) is 43.0 Å². The van der Waals surface area contributed by atoms with Crippen LogP contribution in [0.5, 0.6) is 11.5 Å². The summed E-state index contributed by atoms with van der Waals surface area (Å²) in [7, 11) is 0. The summed E-state index contributed by atoms with van der Waals surface area (Å²) in [5.41, 5.74) is 2.74. The van der Waals surface area contributed by atoms with E-state index in [1.807, 2.05) is 93.6 Å². The zero-order valence-corrected chi connectivity index (χ0v) is 20.5. The number of benzene rings is 3. The van der Waals surface area contributed by atoms with Gasteiger partial charge in [-0.1, -0.05) is 74.5 Å². The first kappa shape index (κ1) is 24.6. The smallest absolute Gasteiger partial charge is 0.339 e. The number of rotatable bonds is 6. The minimum absolute atomic E-state index is 0.276. The summed E-state index contributed by atoms with van der Waals surface area (Å²) in [6, 6.07) is 25.1. The monoisotopic (exact) mass is 472 g/mol. The summed E-state index contributed by atoms with van der Waals surface area (Å²) in [4.78, 5) is 12.5. The Kier molecular flexibility index (Phi) is 8.22. The molecule has 0 radical (unpaired) electrons. The largest absolute Gasteiger partial charge is 0.480 e. The summed E-state index contributed by atoms with van der Waals surface area (Å²) >= 11 is 0. The summed E-state index contributed by atoms with van der Waals surface area (Å²) in [5.74, 6) is 1.12. The standard InChI is InChI=1S/C28H26O5.C2H6/c1-19-23(31-26-14-8-9-17-30-26)16-15-22-24(18-25(29)33-27(19)22)32-28(20-10-4-2-5-11-20)21-12-6-3-7-13-21;1-2/h2-7,10-13,15-16,18,26,28H,8-9,14,17H2,1H3;1-2H3. The quantitative estimate of drug-likeness (QED) is 0.278. The topological polar surface area (TPSA) is 57.9 Å². The van der Waals surface area contributed by atoms with E-state index in [4.69, 9.17) is 18.6 Å². The van der Waals surface area contributed by atoms with Gasteiger partial charge < -0.3 is 18.6 Å². The Morgan fingerprint density at radius 2 is 1.51 bits per heavy atom. The fraction of sp³-hybridized carbons (Fsp3) is 0.300. The Bertz CT molecular complexity index is 1240. The van der Waals surface area contributed by atoms with Gasteiger partial charge in [0.05, 0.1) is 18.1 Å². The molecular weight excluding hydrogens is 440 g/mol. The van der Waals surface area contributed by atoms with E-state index in [2.05, 4.69) is 0 Å². The van der Waals surface area contributed by atoms with E-state index < -0.39 is 5.63 Å². The molecule has 5 nitrogen and oxygen atoms in total. The fourth-order valence-corrected chi connectivity index (χ4v) is 4.20. The van der Waals surface area contributed by atoms with Crippen LogP contribution >= 0.6 is 0 Å². The van der Waals surface area contributed by atoms with Crippen LogP contribution in [0, 0.1) is 6.92 Å². The molecule has 5 heteroatoms. The molecule has 0 amide bonds. The zero-order valence-electron chi connectivity index (χ0n) is 20.5. The maximum Gasteiger partial charge on any atom is 0.339 e.